The average Bonchev–Trinajstić information content (AvgIpc) is 2.56. The number of carbonyl (C=O) groups is 1. The number of piperazine rings is 1. The van der Waals surface area contributed by atoms with Crippen LogP contribution in [0, 0.1) is 5.92 Å². The Kier molecular flexibility index (Phi) is 4.40. The normalized spacial score (nSPS) is 23.7. The molecule has 0 aliphatic carbocycles. The zero-order valence-electron chi connectivity index (χ0n) is 11.6. The second kappa shape index (κ2) is 6.43. The van der Waals surface area contributed by atoms with Crippen LogP contribution in [0.2, 0.25) is 0 Å². The van der Waals surface area contributed by atoms with Crippen molar-refractivity contribution >= 4 is 23.6 Å². The maximum atomic E-state index is 12.5. The van der Waals surface area contributed by atoms with Crippen LogP contribution in [-0.4, -0.2) is 58.5 Å². The molecule has 1 unspecified atom stereocenters. The van der Waals surface area contributed by atoms with E-state index in [4.69, 9.17) is 0 Å². The Morgan fingerprint density at radius 1 is 1.20 bits per heavy atom. The zero-order valence-corrected chi connectivity index (χ0v) is 12.4. The summed E-state index contributed by atoms with van der Waals surface area (Å²) in [5, 5.41) is 0. The molecule has 2 aliphatic rings. The number of nitrogens with zero attached hydrogens (tertiary/aromatic N) is 4. The molecule has 3 rings (SSSR count). The first-order chi connectivity index (χ1) is 9.84. The molecule has 20 heavy (non-hydrogen) atoms. The minimum absolute atomic E-state index is 0.244. The van der Waals surface area contributed by atoms with Gasteiger partial charge in [0.25, 0.3) is 0 Å². The van der Waals surface area contributed by atoms with Gasteiger partial charge in [-0.15, -0.1) is 0 Å². The van der Waals surface area contributed by atoms with Gasteiger partial charge in [-0.1, -0.05) is 0 Å². The first-order valence-corrected chi connectivity index (χ1v) is 8.38. The molecule has 2 fully saturated rings. The molecule has 3 heterocycles. The SMILES string of the molecule is O=C(C1CCCSC1)N1CCN(c2ncccn2)CC1. The Labute approximate surface area is 123 Å². The van der Waals surface area contributed by atoms with Gasteiger partial charge in [-0.2, -0.15) is 11.8 Å². The molecule has 5 nitrogen and oxygen atoms in total. The van der Waals surface area contributed by atoms with Crippen LogP contribution in [0.1, 0.15) is 12.8 Å². The van der Waals surface area contributed by atoms with Crippen molar-refractivity contribution in [2.45, 2.75) is 12.8 Å². The number of hydrogen-bond donors (Lipinski definition) is 0. The molecule has 1 aromatic rings. The van der Waals surface area contributed by atoms with Gasteiger partial charge in [-0.05, 0) is 24.7 Å². The molecule has 1 aromatic heterocycles. The van der Waals surface area contributed by atoms with Crippen LogP contribution >= 0.6 is 11.8 Å². The summed E-state index contributed by atoms with van der Waals surface area (Å²) < 4.78 is 0. The molecular weight excluding hydrogens is 272 g/mol. The molecule has 0 bridgehead atoms. The highest BCUT2D eigenvalue weighted by Gasteiger charge is 2.29. The monoisotopic (exact) mass is 292 g/mol. The average molecular weight is 292 g/mol. The molecule has 2 saturated heterocycles. The Morgan fingerprint density at radius 3 is 2.60 bits per heavy atom. The second-order valence-electron chi connectivity index (χ2n) is 5.28. The highest BCUT2D eigenvalue weighted by molar-refractivity contribution is 7.99. The van der Waals surface area contributed by atoms with E-state index >= 15 is 0 Å². The van der Waals surface area contributed by atoms with E-state index in [1.54, 1.807) is 12.4 Å². The standard InChI is InChI=1S/C14H20N4OS/c19-13(12-3-1-10-20-11-12)17-6-8-18(9-7-17)14-15-4-2-5-16-14/h2,4-5,12H,1,3,6-11H2. The minimum atomic E-state index is 0.244. The molecule has 0 radical (unpaired) electrons. The molecule has 1 atom stereocenters. The van der Waals surface area contributed by atoms with E-state index in [2.05, 4.69) is 14.9 Å². The van der Waals surface area contributed by atoms with Crippen molar-refractivity contribution in [1.82, 2.24) is 14.9 Å². The van der Waals surface area contributed by atoms with Crippen molar-refractivity contribution in [2.75, 3.05) is 42.6 Å². The van der Waals surface area contributed by atoms with E-state index in [1.807, 2.05) is 22.7 Å². The molecule has 6 heteroatoms. The Morgan fingerprint density at radius 2 is 1.95 bits per heavy atom. The molecular formula is C14H20N4OS. The summed E-state index contributed by atoms with van der Waals surface area (Å²) in [5.74, 6) is 3.58. The van der Waals surface area contributed by atoms with Gasteiger partial charge in [-0.3, -0.25) is 4.79 Å². The Bertz CT molecular complexity index is 442. The van der Waals surface area contributed by atoms with Gasteiger partial charge in [-0.25, -0.2) is 9.97 Å². The molecule has 2 aliphatic heterocycles. The van der Waals surface area contributed by atoms with Gasteiger partial charge in [0.05, 0.1) is 0 Å². The Hall–Kier alpha value is -1.30. The van der Waals surface area contributed by atoms with E-state index in [0.29, 0.717) is 5.91 Å². The zero-order chi connectivity index (χ0) is 13.8. The van der Waals surface area contributed by atoms with Crippen molar-refractivity contribution in [3.8, 4) is 0 Å². The maximum Gasteiger partial charge on any atom is 0.226 e. The van der Waals surface area contributed by atoms with Gasteiger partial charge in [0, 0.05) is 50.2 Å². The fourth-order valence-corrected chi connectivity index (χ4v) is 3.91. The third-order valence-electron chi connectivity index (χ3n) is 3.94. The van der Waals surface area contributed by atoms with Crippen LogP contribution in [0.15, 0.2) is 18.5 Å². The fourth-order valence-electron chi connectivity index (χ4n) is 2.78. The predicted molar refractivity (Wildman–Crippen MR) is 80.9 cm³/mol. The van der Waals surface area contributed by atoms with E-state index in [-0.39, 0.29) is 5.92 Å². The lowest BCUT2D eigenvalue weighted by molar-refractivity contribution is -0.135. The van der Waals surface area contributed by atoms with Gasteiger partial charge in [0.1, 0.15) is 0 Å². The lowest BCUT2D eigenvalue weighted by atomic mass is 10.0. The van der Waals surface area contributed by atoms with E-state index in [1.165, 1.54) is 12.2 Å². The molecule has 0 spiro atoms. The maximum absolute atomic E-state index is 12.5. The van der Waals surface area contributed by atoms with Crippen LogP contribution in [0.5, 0.6) is 0 Å². The van der Waals surface area contributed by atoms with Crippen LogP contribution in [0.25, 0.3) is 0 Å². The quantitative estimate of drug-likeness (QED) is 0.821. The fraction of sp³-hybridized carbons (Fsp3) is 0.643. The van der Waals surface area contributed by atoms with Crippen LogP contribution in [-0.2, 0) is 4.79 Å². The summed E-state index contributed by atoms with van der Waals surface area (Å²) in [4.78, 5) is 25.2. The van der Waals surface area contributed by atoms with Gasteiger partial charge in [0.2, 0.25) is 11.9 Å². The Balaban J connectivity index is 1.54. The number of carbonyl (C=O) groups excluding carboxylic acids is 1. The smallest absolute Gasteiger partial charge is 0.226 e. The second-order valence-corrected chi connectivity index (χ2v) is 6.43. The number of amides is 1. The van der Waals surface area contributed by atoms with Crippen LogP contribution in [0.3, 0.4) is 0 Å². The summed E-state index contributed by atoms with van der Waals surface area (Å²) >= 11 is 1.91. The summed E-state index contributed by atoms with van der Waals surface area (Å²) in [6.07, 6.45) is 5.77. The summed E-state index contributed by atoms with van der Waals surface area (Å²) in [6, 6.07) is 1.82. The van der Waals surface area contributed by atoms with Crippen molar-refractivity contribution in [3.05, 3.63) is 18.5 Å². The molecule has 0 aromatic carbocycles. The summed E-state index contributed by atoms with van der Waals surface area (Å²) in [5.41, 5.74) is 0. The van der Waals surface area contributed by atoms with Gasteiger partial charge >= 0.3 is 0 Å². The van der Waals surface area contributed by atoms with Crippen molar-refractivity contribution in [2.24, 2.45) is 5.92 Å². The van der Waals surface area contributed by atoms with Crippen LogP contribution < -0.4 is 4.90 Å². The number of aromatic nitrogens is 2. The summed E-state index contributed by atoms with van der Waals surface area (Å²) in [6.45, 7) is 3.24. The number of rotatable bonds is 2. The number of anilines is 1. The number of hydrogen-bond acceptors (Lipinski definition) is 5. The third-order valence-corrected chi connectivity index (χ3v) is 5.15. The molecule has 108 valence electrons. The topological polar surface area (TPSA) is 49.3 Å². The highest BCUT2D eigenvalue weighted by Crippen LogP contribution is 2.25. The van der Waals surface area contributed by atoms with E-state index < -0.39 is 0 Å². The molecule has 0 saturated carbocycles. The largest absolute Gasteiger partial charge is 0.339 e. The first-order valence-electron chi connectivity index (χ1n) is 7.23. The van der Waals surface area contributed by atoms with Crippen molar-refractivity contribution in [1.29, 1.82) is 0 Å². The molecule has 0 N–H and O–H groups in total. The van der Waals surface area contributed by atoms with E-state index in [0.717, 1.165) is 44.3 Å². The van der Waals surface area contributed by atoms with Crippen molar-refractivity contribution < 1.29 is 4.79 Å². The van der Waals surface area contributed by atoms with Gasteiger partial charge < -0.3 is 9.80 Å². The van der Waals surface area contributed by atoms with Gasteiger partial charge in [0.15, 0.2) is 0 Å². The lowest BCUT2D eigenvalue weighted by Crippen LogP contribution is -2.51. The first kappa shape index (κ1) is 13.7. The number of thioether (sulfide) groups is 1. The molecule has 1 amide bonds. The highest BCUT2D eigenvalue weighted by atomic mass is 32.2. The predicted octanol–water partition coefficient (Wildman–Crippen LogP) is 1.27. The van der Waals surface area contributed by atoms with E-state index in [9.17, 15) is 4.79 Å². The lowest BCUT2D eigenvalue weighted by Gasteiger charge is -2.37. The minimum Gasteiger partial charge on any atom is -0.339 e. The third kappa shape index (κ3) is 3.06. The summed E-state index contributed by atoms with van der Waals surface area (Å²) in [7, 11) is 0. The van der Waals surface area contributed by atoms with Crippen molar-refractivity contribution in [3.63, 3.8) is 0 Å². The van der Waals surface area contributed by atoms with Crippen LogP contribution in [0.4, 0.5) is 5.95 Å².